The zero-order valence-corrected chi connectivity index (χ0v) is 12.6. The van der Waals surface area contributed by atoms with Crippen molar-refractivity contribution in [2.45, 2.75) is 37.4 Å². The molecule has 2 fully saturated rings. The van der Waals surface area contributed by atoms with Crippen molar-refractivity contribution in [2.75, 3.05) is 0 Å². The van der Waals surface area contributed by atoms with Crippen LogP contribution in [0.1, 0.15) is 36.3 Å². The first-order chi connectivity index (χ1) is 11.3. The topological polar surface area (TPSA) is 70.0 Å². The molecule has 3 atom stereocenters. The van der Waals surface area contributed by atoms with Gasteiger partial charge in [0.1, 0.15) is 0 Å². The molecule has 126 valence electrons. The molecule has 1 aromatic carbocycles. The summed E-state index contributed by atoms with van der Waals surface area (Å²) in [5.74, 6) is -3.41. The second kappa shape index (κ2) is 5.93. The normalized spacial score (nSPS) is 23.9. The maximum atomic E-state index is 12.8. The monoisotopic (exact) mass is 336 g/mol. The quantitative estimate of drug-likeness (QED) is 0.841. The lowest BCUT2D eigenvalue weighted by molar-refractivity contribution is -0.137. The molecule has 0 radical (unpaired) electrons. The Labute approximate surface area is 136 Å². The number of Topliss-reactive ketones (excluding diaryl/α,β-unsaturated/α-hetero) is 1. The summed E-state index contributed by atoms with van der Waals surface area (Å²) in [7, 11) is 0. The number of carbonyl (C=O) groups excluding carboxylic acids is 2. The van der Waals surface area contributed by atoms with E-state index in [1.54, 1.807) is 12.1 Å². The molecule has 2 saturated carbocycles. The molecular formula is C17H15F3N2O2. The molecule has 1 amide bonds. The Kier molecular flexibility index (Phi) is 4.08. The summed E-state index contributed by atoms with van der Waals surface area (Å²) in [4.78, 5) is 24.3. The van der Waals surface area contributed by atoms with Gasteiger partial charge in [-0.25, -0.2) is 0 Å². The molecule has 1 N–H and O–H groups in total. The number of alkyl halides is 3. The lowest BCUT2D eigenvalue weighted by Crippen LogP contribution is -2.36. The summed E-state index contributed by atoms with van der Waals surface area (Å²) in [6.45, 7) is 0. The number of amides is 1. The van der Waals surface area contributed by atoms with Crippen molar-refractivity contribution in [2.24, 2.45) is 11.8 Å². The molecule has 0 bridgehead atoms. The smallest absolute Gasteiger partial charge is 0.352 e. The molecule has 24 heavy (non-hydrogen) atoms. The minimum absolute atomic E-state index is 0.0413. The summed E-state index contributed by atoms with van der Waals surface area (Å²) >= 11 is 0. The summed E-state index contributed by atoms with van der Waals surface area (Å²) in [6, 6.07) is 6.62. The van der Waals surface area contributed by atoms with Crippen LogP contribution in [-0.2, 0) is 15.8 Å². The van der Waals surface area contributed by atoms with Gasteiger partial charge in [0.2, 0.25) is 5.91 Å². The van der Waals surface area contributed by atoms with Crippen LogP contribution < -0.4 is 5.32 Å². The predicted molar refractivity (Wildman–Crippen MR) is 77.6 cm³/mol. The molecule has 4 nitrogen and oxygen atoms in total. The van der Waals surface area contributed by atoms with Gasteiger partial charge in [-0.05, 0) is 36.8 Å². The van der Waals surface area contributed by atoms with Crippen molar-refractivity contribution in [1.29, 1.82) is 5.26 Å². The van der Waals surface area contributed by atoms with Crippen LogP contribution in [0.4, 0.5) is 13.2 Å². The molecule has 2 aliphatic rings. The molecular weight excluding hydrogens is 321 g/mol. The molecule has 0 unspecified atom stereocenters. The number of benzene rings is 1. The number of nitrogens with one attached hydrogen (secondary N) is 1. The van der Waals surface area contributed by atoms with Crippen LogP contribution in [0.5, 0.6) is 0 Å². The van der Waals surface area contributed by atoms with Crippen LogP contribution in [0.15, 0.2) is 24.3 Å². The van der Waals surface area contributed by atoms with E-state index in [2.05, 4.69) is 5.32 Å². The first-order valence-corrected chi connectivity index (χ1v) is 7.72. The average Bonchev–Trinajstić information content (AvgIpc) is 3.41. The first-order valence-electron chi connectivity index (χ1n) is 7.72. The molecule has 7 heteroatoms. The van der Waals surface area contributed by atoms with Gasteiger partial charge in [0.05, 0.1) is 11.6 Å². The third kappa shape index (κ3) is 3.42. The van der Waals surface area contributed by atoms with Crippen LogP contribution >= 0.6 is 0 Å². The molecule has 0 aromatic heterocycles. The van der Waals surface area contributed by atoms with Crippen molar-refractivity contribution < 1.29 is 22.8 Å². The van der Waals surface area contributed by atoms with E-state index in [9.17, 15) is 22.8 Å². The van der Waals surface area contributed by atoms with Crippen molar-refractivity contribution in [3.8, 4) is 6.07 Å². The van der Waals surface area contributed by atoms with Gasteiger partial charge in [-0.3, -0.25) is 9.59 Å². The fourth-order valence-corrected chi connectivity index (χ4v) is 2.80. The molecule has 0 heterocycles. The molecule has 0 spiro atoms. The summed E-state index contributed by atoms with van der Waals surface area (Å²) < 4.78 is 38.3. The third-order valence-corrected chi connectivity index (χ3v) is 4.40. The van der Waals surface area contributed by atoms with Crippen LogP contribution in [0.25, 0.3) is 0 Å². The van der Waals surface area contributed by atoms with Crippen molar-refractivity contribution in [3.05, 3.63) is 35.4 Å². The Morgan fingerprint density at radius 1 is 1.29 bits per heavy atom. The van der Waals surface area contributed by atoms with E-state index in [4.69, 9.17) is 5.26 Å². The van der Waals surface area contributed by atoms with E-state index in [0.717, 1.165) is 25.0 Å². The van der Waals surface area contributed by atoms with Crippen LogP contribution in [0, 0.1) is 23.2 Å². The van der Waals surface area contributed by atoms with E-state index in [1.807, 2.05) is 0 Å². The average molecular weight is 336 g/mol. The van der Waals surface area contributed by atoms with Gasteiger partial charge in [0, 0.05) is 12.0 Å². The summed E-state index contributed by atoms with van der Waals surface area (Å²) in [5.41, 5.74) is -0.344. The Balaban J connectivity index is 1.68. The van der Waals surface area contributed by atoms with Gasteiger partial charge < -0.3 is 5.32 Å². The highest BCUT2D eigenvalue weighted by atomic mass is 19.4. The zero-order chi connectivity index (χ0) is 17.5. The number of nitriles is 1. The molecule has 2 aliphatic carbocycles. The van der Waals surface area contributed by atoms with Gasteiger partial charge >= 0.3 is 6.18 Å². The number of ketones is 1. The minimum Gasteiger partial charge on any atom is -0.352 e. The number of carbonyl (C=O) groups is 2. The van der Waals surface area contributed by atoms with Crippen LogP contribution in [-0.4, -0.2) is 17.7 Å². The number of nitrogens with zero attached hydrogens (tertiary/aromatic N) is 1. The van der Waals surface area contributed by atoms with Crippen molar-refractivity contribution in [1.82, 2.24) is 5.32 Å². The molecule has 1 aromatic rings. The van der Waals surface area contributed by atoms with Gasteiger partial charge in [0.15, 0.2) is 11.7 Å². The number of halogens is 3. The SMILES string of the molecule is N#C[C@@H](C(=O)NC1CC1)C(=O)[C@H]1C[C@@H]1c1cccc(C(F)(F)F)c1. The van der Waals surface area contributed by atoms with Crippen LogP contribution in [0.2, 0.25) is 0 Å². The lowest BCUT2D eigenvalue weighted by atomic mass is 9.97. The van der Waals surface area contributed by atoms with E-state index in [-0.39, 0.29) is 12.0 Å². The zero-order valence-electron chi connectivity index (χ0n) is 12.6. The highest BCUT2D eigenvalue weighted by Crippen LogP contribution is 2.49. The van der Waals surface area contributed by atoms with Gasteiger partial charge in [0.25, 0.3) is 0 Å². The van der Waals surface area contributed by atoms with E-state index >= 15 is 0 Å². The Hall–Kier alpha value is -2.36. The summed E-state index contributed by atoms with van der Waals surface area (Å²) in [5, 5.41) is 11.7. The lowest BCUT2D eigenvalue weighted by Gasteiger charge is -2.10. The standard InChI is InChI=1S/C17H15F3N2O2/c18-17(19,20)10-3-1-2-9(6-10)12-7-13(12)15(23)14(8-21)16(24)22-11-4-5-11/h1-3,6,11-14H,4-5,7H2,(H,22,24)/t12-,13+,14-/m1/s1. The Morgan fingerprint density at radius 2 is 2.00 bits per heavy atom. The third-order valence-electron chi connectivity index (χ3n) is 4.40. The Morgan fingerprint density at radius 3 is 2.58 bits per heavy atom. The fraction of sp³-hybridized carbons (Fsp3) is 0.471. The second-order valence-corrected chi connectivity index (χ2v) is 6.32. The maximum absolute atomic E-state index is 12.8. The predicted octanol–water partition coefficient (Wildman–Crippen LogP) is 2.80. The highest BCUT2D eigenvalue weighted by molar-refractivity contribution is 6.06. The number of hydrogen-bond acceptors (Lipinski definition) is 3. The number of hydrogen-bond donors (Lipinski definition) is 1. The van der Waals surface area contributed by atoms with Gasteiger partial charge in [-0.1, -0.05) is 18.2 Å². The Bertz CT molecular complexity index is 719. The summed E-state index contributed by atoms with van der Waals surface area (Å²) in [6.07, 6.45) is -2.39. The van der Waals surface area contributed by atoms with Gasteiger partial charge in [-0.15, -0.1) is 0 Å². The first kappa shape index (κ1) is 16.5. The minimum atomic E-state index is -4.44. The van der Waals surface area contributed by atoms with Gasteiger partial charge in [-0.2, -0.15) is 18.4 Å². The highest BCUT2D eigenvalue weighted by Gasteiger charge is 2.48. The fourth-order valence-electron chi connectivity index (χ4n) is 2.80. The largest absolute Gasteiger partial charge is 0.416 e. The van der Waals surface area contributed by atoms with Crippen molar-refractivity contribution >= 4 is 11.7 Å². The molecule has 0 aliphatic heterocycles. The van der Waals surface area contributed by atoms with E-state index < -0.39 is 35.3 Å². The maximum Gasteiger partial charge on any atom is 0.416 e. The van der Waals surface area contributed by atoms with E-state index in [0.29, 0.717) is 12.0 Å². The molecule has 3 rings (SSSR count). The number of rotatable bonds is 5. The second-order valence-electron chi connectivity index (χ2n) is 6.32. The van der Waals surface area contributed by atoms with E-state index in [1.165, 1.54) is 6.07 Å². The van der Waals surface area contributed by atoms with Crippen molar-refractivity contribution in [3.63, 3.8) is 0 Å². The van der Waals surface area contributed by atoms with Crippen LogP contribution in [0.3, 0.4) is 0 Å². The molecule has 0 saturated heterocycles.